The zero-order valence-electron chi connectivity index (χ0n) is 14.9. The van der Waals surface area contributed by atoms with Crippen LogP contribution in [0, 0.1) is 6.92 Å². The summed E-state index contributed by atoms with van der Waals surface area (Å²) in [5.41, 5.74) is 2.43. The third-order valence-corrected chi connectivity index (χ3v) is 4.64. The molecule has 0 saturated carbocycles. The smallest absolute Gasteiger partial charge is 0.229 e. The van der Waals surface area contributed by atoms with Crippen molar-refractivity contribution in [3.8, 4) is 11.3 Å². The van der Waals surface area contributed by atoms with Gasteiger partial charge in [-0.2, -0.15) is 4.98 Å². The fourth-order valence-electron chi connectivity index (χ4n) is 3.01. The molecule has 1 saturated heterocycles. The molecule has 27 heavy (non-hydrogen) atoms. The predicted molar refractivity (Wildman–Crippen MR) is 104 cm³/mol. The number of hydrogen-bond donors (Lipinski definition) is 2. The summed E-state index contributed by atoms with van der Waals surface area (Å²) in [5.74, 6) is 1.88. The summed E-state index contributed by atoms with van der Waals surface area (Å²) in [6, 6.07) is 7.47. The molecule has 7 nitrogen and oxygen atoms in total. The van der Waals surface area contributed by atoms with Gasteiger partial charge in [0.2, 0.25) is 5.95 Å². The summed E-state index contributed by atoms with van der Waals surface area (Å²) < 4.78 is 11.0. The van der Waals surface area contributed by atoms with Gasteiger partial charge in [0, 0.05) is 36.2 Å². The molecule has 0 radical (unpaired) electrons. The van der Waals surface area contributed by atoms with Crippen LogP contribution >= 0.6 is 11.6 Å². The van der Waals surface area contributed by atoms with E-state index in [1.54, 1.807) is 12.3 Å². The summed E-state index contributed by atoms with van der Waals surface area (Å²) in [6.07, 6.45) is 5.45. The summed E-state index contributed by atoms with van der Waals surface area (Å²) in [7, 11) is 0. The van der Waals surface area contributed by atoms with Gasteiger partial charge in [0.15, 0.2) is 12.2 Å². The van der Waals surface area contributed by atoms with Crippen LogP contribution in [0.25, 0.3) is 11.3 Å². The molecule has 1 aliphatic heterocycles. The molecule has 0 aliphatic carbocycles. The maximum atomic E-state index is 6.28. The highest BCUT2D eigenvalue weighted by Gasteiger charge is 2.15. The van der Waals surface area contributed by atoms with Gasteiger partial charge >= 0.3 is 0 Å². The number of nitrogens with zero attached hydrogens (tertiary/aromatic N) is 3. The molecule has 3 heterocycles. The van der Waals surface area contributed by atoms with E-state index in [4.69, 9.17) is 20.8 Å². The second-order valence-electron chi connectivity index (χ2n) is 6.42. The Bertz CT molecular complexity index is 910. The lowest BCUT2D eigenvalue weighted by atomic mass is 10.1. The zero-order valence-corrected chi connectivity index (χ0v) is 15.7. The molecular formula is C19H20ClN5O2. The number of nitrogens with one attached hydrogen (secondary N) is 2. The normalized spacial score (nSPS) is 16.4. The maximum absolute atomic E-state index is 6.28. The van der Waals surface area contributed by atoms with Crippen molar-refractivity contribution < 1.29 is 9.15 Å². The number of rotatable bonds is 6. The van der Waals surface area contributed by atoms with Crippen LogP contribution in [-0.2, 0) is 4.74 Å². The van der Waals surface area contributed by atoms with Crippen LogP contribution in [0.5, 0.6) is 0 Å². The van der Waals surface area contributed by atoms with E-state index in [0.29, 0.717) is 16.7 Å². The highest BCUT2D eigenvalue weighted by molar-refractivity contribution is 6.33. The van der Waals surface area contributed by atoms with Crippen molar-refractivity contribution in [2.24, 2.45) is 0 Å². The number of anilines is 3. The lowest BCUT2D eigenvalue weighted by Gasteiger charge is -2.13. The first-order valence-corrected chi connectivity index (χ1v) is 9.22. The zero-order chi connectivity index (χ0) is 18.6. The van der Waals surface area contributed by atoms with Gasteiger partial charge in [-0.3, -0.25) is 0 Å². The number of aryl methyl sites for hydroxylation is 1. The third-order valence-electron chi connectivity index (χ3n) is 4.31. The Morgan fingerprint density at radius 3 is 2.96 bits per heavy atom. The van der Waals surface area contributed by atoms with Crippen LogP contribution in [0.4, 0.5) is 17.5 Å². The quantitative estimate of drug-likeness (QED) is 0.649. The Morgan fingerprint density at radius 1 is 1.26 bits per heavy atom. The number of aromatic nitrogens is 3. The Morgan fingerprint density at radius 2 is 2.19 bits per heavy atom. The van der Waals surface area contributed by atoms with Gasteiger partial charge in [-0.25, -0.2) is 9.97 Å². The number of ether oxygens (including phenoxy) is 1. The first-order chi connectivity index (χ1) is 13.2. The Labute approximate surface area is 162 Å². The first kappa shape index (κ1) is 17.8. The molecule has 8 heteroatoms. The molecule has 1 aliphatic rings. The molecule has 0 bridgehead atoms. The number of oxazole rings is 1. The highest BCUT2D eigenvalue weighted by Crippen LogP contribution is 2.31. The third kappa shape index (κ3) is 4.37. The van der Waals surface area contributed by atoms with Gasteiger partial charge in [-0.05, 0) is 38.0 Å². The molecule has 3 aromatic rings. The molecule has 0 spiro atoms. The first-order valence-electron chi connectivity index (χ1n) is 8.84. The van der Waals surface area contributed by atoms with Crippen molar-refractivity contribution in [2.75, 3.05) is 23.8 Å². The minimum Gasteiger partial charge on any atom is -0.443 e. The Kier molecular flexibility index (Phi) is 5.22. The van der Waals surface area contributed by atoms with E-state index >= 15 is 0 Å². The second kappa shape index (κ2) is 7.94. The summed E-state index contributed by atoms with van der Waals surface area (Å²) in [5, 5.41) is 7.15. The van der Waals surface area contributed by atoms with Gasteiger partial charge in [0.1, 0.15) is 5.82 Å². The number of halogens is 1. The van der Waals surface area contributed by atoms with Gasteiger partial charge in [0.05, 0.1) is 17.3 Å². The average molecular weight is 386 g/mol. The fraction of sp³-hybridized carbons (Fsp3) is 0.316. The highest BCUT2D eigenvalue weighted by atomic mass is 35.5. The molecule has 1 atom stereocenters. The predicted octanol–water partition coefficient (Wildman–Crippen LogP) is 4.43. The van der Waals surface area contributed by atoms with Crippen LogP contribution < -0.4 is 10.6 Å². The van der Waals surface area contributed by atoms with Gasteiger partial charge in [0.25, 0.3) is 0 Å². The van der Waals surface area contributed by atoms with Gasteiger partial charge < -0.3 is 19.8 Å². The number of hydrogen-bond acceptors (Lipinski definition) is 7. The molecule has 2 aromatic heterocycles. The van der Waals surface area contributed by atoms with Crippen molar-refractivity contribution >= 4 is 29.1 Å². The van der Waals surface area contributed by atoms with Crippen molar-refractivity contribution in [3.63, 3.8) is 0 Å². The van der Waals surface area contributed by atoms with E-state index in [9.17, 15) is 0 Å². The summed E-state index contributed by atoms with van der Waals surface area (Å²) in [4.78, 5) is 12.9. The minimum absolute atomic E-state index is 0.248. The van der Waals surface area contributed by atoms with Crippen LogP contribution in [0.2, 0.25) is 5.02 Å². The van der Waals surface area contributed by atoms with Crippen molar-refractivity contribution in [1.82, 2.24) is 15.0 Å². The lowest BCUT2D eigenvalue weighted by molar-refractivity contribution is 0.120. The standard InChI is InChI=1S/C19H20ClN5O2/c1-12-7-18(22-9-14-3-2-6-26-14)25-19(23-12)24-13-4-5-16(20)15(8-13)17-10-21-11-27-17/h4-5,7-8,10-11,14H,2-3,6,9H2,1H3,(H2,22,23,24,25). The molecule has 1 aromatic carbocycles. The van der Waals surface area contributed by atoms with Crippen molar-refractivity contribution in [3.05, 3.63) is 47.6 Å². The largest absolute Gasteiger partial charge is 0.443 e. The van der Waals surface area contributed by atoms with Crippen LogP contribution in [0.15, 0.2) is 41.3 Å². The average Bonchev–Trinajstić information content (AvgIpc) is 3.35. The Balaban J connectivity index is 1.51. The second-order valence-corrected chi connectivity index (χ2v) is 6.83. The molecule has 1 unspecified atom stereocenters. The molecule has 4 rings (SSSR count). The number of benzene rings is 1. The van der Waals surface area contributed by atoms with Crippen LogP contribution in [0.1, 0.15) is 18.5 Å². The van der Waals surface area contributed by atoms with Gasteiger partial charge in [-0.1, -0.05) is 11.6 Å². The van der Waals surface area contributed by atoms with Crippen molar-refractivity contribution in [2.45, 2.75) is 25.9 Å². The molecule has 0 amide bonds. The summed E-state index contributed by atoms with van der Waals surface area (Å²) >= 11 is 6.28. The SMILES string of the molecule is Cc1cc(NCC2CCCO2)nc(Nc2ccc(Cl)c(-c3cnco3)c2)n1. The van der Waals surface area contributed by atoms with Crippen molar-refractivity contribution in [1.29, 1.82) is 0 Å². The fourth-order valence-corrected chi connectivity index (χ4v) is 3.22. The topological polar surface area (TPSA) is 85.1 Å². The van der Waals surface area contributed by atoms with E-state index in [-0.39, 0.29) is 6.10 Å². The van der Waals surface area contributed by atoms with Crippen LogP contribution in [0.3, 0.4) is 0 Å². The lowest BCUT2D eigenvalue weighted by Crippen LogP contribution is -2.19. The molecule has 1 fully saturated rings. The molecular weight excluding hydrogens is 366 g/mol. The molecule has 2 N–H and O–H groups in total. The molecule has 140 valence electrons. The van der Waals surface area contributed by atoms with E-state index in [0.717, 1.165) is 48.8 Å². The monoisotopic (exact) mass is 385 g/mol. The van der Waals surface area contributed by atoms with E-state index in [1.807, 2.05) is 25.1 Å². The van der Waals surface area contributed by atoms with Gasteiger partial charge in [-0.15, -0.1) is 0 Å². The van der Waals surface area contributed by atoms with E-state index in [2.05, 4.69) is 25.6 Å². The van der Waals surface area contributed by atoms with E-state index < -0.39 is 0 Å². The van der Waals surface area contributed by atoms with Crippen LogP contribution in [-0.4, -0.2) is 34.2 Å². The van der Waals surface area contributed by atoms with E-state index in [1.165, 1.54) is 6.39 Å². The summed E-state index contributed by atoms with van der Waals surface area (Å²) in [6.45, 7) is 3.52. The maximum Gasteiger partial charge on any atom is 0.229 e. The minimum atomic E-state index is 0.248. The Hall–Kier alpha value is -2.64.